The maximum absolute atomic E-state index is 13.0. The predicted octanol–water partition coefficient (Wildman–Crippen LogP) is 5.89. The van der Waals surface area contributed by atoms with E-state index >= 15 is 0 Å². The highest BCUT2D eigenvalue weighted by atomic mass is 19.3. The summed E-state index contributed by atoms with van der Waals surface area (Å²) >= 11 is 0. The van der Waals surface area contributed by atoms with Gasteiger partial charge in [-0.2, -0.15) is 0 Å². The van der Waals surface area contributed by atoms with Gasteiger partial charge in [0.15, 0.2) is 0 Å². The van der Waals surface area contributed by atoms with E-state index < -0.39 is 18.4 Å². The van der Waals surface area contributed by atoms with E-state index in [1.54, 1.807) is 0 Å². The minimum atomic E-state index is -2.60. The van der Waals surface area contributed by atoms with Crippen LogP contribution in [0.15, 0.2) is 42.5 Å². The predicted molar refractivity (Wildman–Crippen MR) is 143 cm³/mol. The number of anilines is 1. The Morgan fingerprint density at radius 2 is 1.92 bits per heavy atom. The molecule has 0 spiro atoms. The Hall–Kier alpha value is -3.53. The maximum atomic E-state index is 13.0. The van der Waals surface area contributed by atoms with E-state index in [1.807, 2.05) is 50.5 Å². The molecule has 0 bridgehead atoms. The van der Waals surface area contributed by atoms with E-state index in [-0.39, 0.29) is 35.2 Å². The van der Waals surface area contributed by atoms with Crippen LogP contribution >= 0.6 is 0 Å². The molecule has 8 nitrogen and oxygen atoms in total. The summed E-state index contributed by atoms with van der Waals surface area (Å²) in [6, 6.07) is 10.9. The lowest BCUT2D eigenvalue weighted by Crippen LogP contribution is -2.44. The molecule has 2 heterocycles. The van der Waals surface area contributed by atoms with Crippen molar-refractivity contribution in [1.82, 2.24) is 19.8 Å². The van der Waals surface area contributed by atoms with Crippen LogP contribution in [0.1, 0.15) is 68.4 Å². The molecule has 0 radical (unpaired) electrons. The number of amides is 2. The Bertz CT molecular complexity index is 1290. The summed E-state index contributed by atoms with van der Waals surface area (Å²) in [6.07, 6.45) is -1.53. The van der Waals surface area contributed by atoms with Crippen molar-refractivity contribution < 1.29 is 23.5 Å². The first-order valence-corrected chi connectivity index (χ1v) is 12.9. The summed E-state index contributed by atoms with van der Waals surface area (Å²) in [5.74, 6) is -0.0926. The topological polar surface area (TPSA) is 99.5 Å². The van der Waals surface area contributed by atoms with Crippen molar-refractivity contribution in [1.29, 1.82) is 0 Å². The smallest absolute Gasteiger partial charge is 0.407 e. The largest absolute Gasteiger partial charge is 0.465 e. The molecule has 2 atom stereocenters. The molecule has 2 amide bonds. The Morgan fingerprint density at radius 1 is 1.21 bits per heavy atom. The van der Waals surface area contributed by atoms with Gasteiger partial charge in [0.1, 0.15) is 0 Å². The second kappa shape index (κ2) is 11.1. The molecule has 1 unspecified atom stereocenters. The van der Waals surface area contributed by atoms with E-state index in [4.69, 9.17) is 0 Å². The number of fused-ring (bicyclic) bond motifs is 1. The molecule has 10 heteroatoms. The van der Waals surface area contributed by atoms with Crippen LogP contribution in [-0.4, -0.2) is 50.2 Å². The van der Waals surface area contributed by atoms with Gasteiger partial charge in [-0.05, 0) is 61.6 Å². The van der Waals surface area contributed by atoms with Gasteiger partial charge in [0.2, 0.25) is 5.95 Å². The fourth-order valence-corrected chi connectivity index (χ4v) is 4.67. The number of halogens is 2. The number of hydrogen-bond donors (Lipinski definition) is 3. The first-order chi connectivity index (χ1) is 17.9. The highest BCUT2D eigenvalue weighted by Crippen LogP contribution is 2.28. The summed E-state index contributed by atoms with van der Waals surface area (Å²) in [4.78, 5) is 31.1. The standard InChI is InChI=1S/C28H35F2N5O3/c1-17(28(2,3)4)34(27(37)38)15-18-7-12-23-22(14-18)32-26(35(23)16-21-6-5-13-31-21)33-25(36)20-10-8-19(9-11-20)24(29)30/h7-12,14,17,21,24,31H,5-6,13,15-16H2,1-4H3,(H,37,38)(H,32,33,36)/t17-,21?/m0/s1. The van der Waals surface area contributed by atoms with Crippen molar-refractivity contribution in [2.24, 2.45) is 5.41 Å². The van der Waals surface area contributed by atoms with E-state index in [0.717, 1.165) is 30.5 Å². The summed E-state index contributed by atoms with van der Waals surface area (Å²) < 4.78 is 27.8. The molecule has 1 aliphatic rings. The van der Waals surface area contributed by atoms with Crippen LogP contribution in [0.5, 0.6) is 0 Å². The van der Waals surface area contributed by atoms with Crippen molar-refractivity contribution in [3.05, 3.63) is 59.2 Å². The van der Waals surface area contributed by atoms with Crippen molar-refractivity contribution >= 4 is 29.0 Å². The van der Waals surface area contributed by atoms with Gasteiger partial charge in [-0.3, -0.25) is 10.1 Å². The number of nitrogens with one attached hydrogen (secondary N) is 2. The number of benzene rings is 2. The van der Waals surface area contributed by atoms with E-state index in [2.05, 4.69) is 15.6 Å². The maximum Gasteiger partial charge on any atom is 0.407 e. The third-order valence-electron chi connectivity index (χ3n) is 7.35. The van der Waals surface area contributed by atoms with Gasteiger partial charge in [0.05, 0.1) is 11.0 Å². The normalized spacial score (nSPS) is 16.7. The number of alkyl halides is 2. The molecule has 3 N–H and O–H groups in total. The van der Waals surface area contributed by atoms with Crippen LogP contribution in [0.2, 0.25) is 0 Å². The Morgan fingerprint density at radius 3 is 2.50 bits per heavy atom. The second-order valence-corrected chi connectivity index (χ2v) is 11.0. The average Bonchev–Trinajstić information content (AvgIpc) is 3.49. The molecule has 1 aliphatic heterocycles. The molecule has 0 aliphatic carbocycles. The Balaban J connectivity index is 1.65. The third kappa shape index (κ3) is 6.12. The first-order valence-electron chi connectivity index (χ1n) is 12.9. The van der Waals surface area contributed by atoms with Crippen LogP contribution in [0.25, 0.3) is 11.0 Å². The lowest BCUT2D eigenvalue weighted by molar-refractivity contribution is 0.0858. The number of carboxylic acid groups (broad SMARTS) is 1. The minimum Gasteiger partial charge on any atom is -0.465 e. The third-order valence-corrected chi connectivity index (χ3v) is 7.35. The number of carbonyl (C=O) groups is 2. The average molecular weight is 528 g/mol. The molecule has 204 valence electrons. The van der Waals surface area contributed by atoms with E-state index in [0.29, 0.717) is 18.0 Å². The summed E-state index contributed by atoms with van der Waals surface area (Å²) in [5.41, 5.74) is 2.11. The van der Waals surface area contributed by atoms with Gasteiger partial charge in [-0.15, -0.1) is 0 Å². The fraction of sp³-hybridized carbons (Fsp3) is 0.464. The summed E-state index contributed by atoms with van der Waals surface area (Å²) in [7, 11) is 0. The summed E-state index contributed by atoms with van der Waals surface area (Å²) in [6.45, 7) is 9.65. The van der Waals surface area contributed by atoms with Crippen molar-refractivity contribution in [2.75, 3.05) is 11.9 Å². The number of imidazole rings is 1. The van der Waals surface area contributed by atoms with Crippen LogP contribution in [0.3, 0.4) is 0 Å². The minimum absolute atomic E-state index is 0.148. The molecular formula is C28H35F2N5O3. The Labute approximate surface area is 221 Å². The molecule has 38 heavy (non-hydrogen) atoms. The van der Waals surface area contributed by atoms with Crippen molar-refractivity contribution in [3.63, 3.8) is 0 Å². The van der Waals surface area contributed by atoms with Gasteiger partial charge >= 0.3 is 6.09 Å². The molecule has 2 aromatic carbocycles. The van der Waals surface area contributed by atoms with Gasteiger partial charge in [0, 0.05) is 36.3 Å². The highest BCUT2D eigenvalue weighted by Gasteiger charge is 2.30. The van der Waals surface area contributed by atoms with Crippen molar-refractivity contribution in [2.45, 2.75) is 72.1 Å². The fourth-order valence-electron chi connectivity index (χ4n) is 4.67. The van der Waals surface area contributed by atoms with Gasteiger partial charge in [-0.1, -0.05) is 39.0 Å². The van der Waals surface area contributed by atoms with Crippen LogP contribution in [-0.2, 0) is 13.1 Å². The highest BCUT2D eigenvalue weighted by molar-refractivity contribution is 6.04. The van der Waals surface area contributed by atoms with Crippen LogP contribution < -0.4 is 10.6 Å². The van der Waals surface area contributed by atoms with Gasteiger partial charge in [0.25, 0.3) is 12.3 Å². The molecule has 0 saturated carbocycles. The molecule has 1 aromatic heterocycles. The van der Waals surface area contributed by atoms with Crippen molar-refractivity contribution in [3.8, 4) is 0 Å². The SMILES string of the molecule is C[C@H](N(Cc1ccc2c(c1)nc(NC(=O)c1ccc(C(F)F)cc1)n2CC1CCCN1)C(=O)O)C(C)(C)C. The number of nitrogens with zero attached hydrogens (tertiary/aromatic N) is 3. The zero-order valence-corrected chi connectivity index (χ0v) is 22.2. The monoisotopic (exact) mass is 527 g/mol. The number of hydrogen-bond acceptors (Lipinski definition) is 4. The van der Waals surface area contributed by atoms with E-state index in [9.17, 15) is 23.5 Å². The zero-order chi connectivity index (χ0) is 27.6. The van der Waals surface area contributed by atoms with E-state index in [1.165, 1.54) is 29.2 Å². The number of aromatic nitrogens is 2. The molecule has 1 saturated heterocycles. The number of rotatable bonds is 8. The van der Waals surface area contributed by atoms with Gasteiger partial charge in [-0.25, -0.2) is 18.6 Å². The zero-order valence-electron chi connectivity index (χ0n) is 22.2. The lowest BCUT2D eigenvalue weighted by Gasteiger charge is -2.36. The first kappa shape index (κ1) is 27.5. The Kier molecular flexibility index (Phi) is 8.01. The molecule has 4 rings (SSSR count). The molecular weight excluding hydrogens is 492 g/mol. The molecule has 1 fully saturated rings. The quantitative estimate of drug-likeness (QED) is 0.339. The summed E-state index contributed by atoms with van der Waals surface area (Å²) in [5, 5.41) is 16.2. The van der Waals surface area contributed by atoms with Crippen LogP contribution in [0.4, 0.5) is 19.5 Å². The number of carbonyl (C=O) groups excluding carboxylic acids is 1. The van der Waals surface area contributed by atoms with Gasteiger partial charge < -0.3 is 19.9 Å². The second-order valence-electron chi connectivity index (χ2n) is 11.0. The molecule has 3 aromatic rings. The van der Waals surface area contributed by atoms with Crippen LogP contribution in [0, 0.1) is 5.41 Å². The lowest BCUT2D eigenvalue weighted by atomic mass is 9.87.